The lowest BCUT2D eigenvalue weighted by Crippen LogP contribution is -2.14. The second kappa shape index (κ2) is 5.27. The van der Waals surface area contributed by atoms with Gasteiger partial charge >= 0.3 is 0 Å². The molecule has 0 aliphatic carbocycles. The molecular formula is C17H16O2. The smallest absolute Gasteiger partial charge is 0.163 e. The summed E-state index contributed by atoms with van der Waals surface area (Å²) in [7, 11) is 0. The largest absolute Gasteiger partial charge is 0.490 e. The molecule has 0 fully saturated rings. The summed E-state index contributed by atoms with van der Waals surface area (Å²) >= 11 is 0. The lowest BCUT2D eigenvalue weighted by Gasteiger charge is -2.09. The van der Waals surface area contributed by atoms with Crippen LogP contribution in [0.15, 0.2) is 54.6 Å². The van der Waals surface area contributed by atoms with Crippen LogP contribution in [0.5, 0.6) is 5.75 Å². The van der Waals surface area contributed by atoms with Gasteiger partial charge in [-0.25, -0.2) is 0 Å². The molecular weight excluding hydrogens is 236 g/mol. The average Bonchev–Trinajstić information content (AvgIpc) is 2.88. The maximum atomic E-state index is 12.0. The molecule has 0 aromatic heterocycles. The summed E-state index contributed by atoms with van der Waals surface area (Å²) in [5.41, 5.74) is 2.04. The molecule has 1 aliphatic rings. The molecule has 0 radical (unpaired) electrons. The zero-order valence-corrected chi connectivity index (χ0v) is 10.7. The van der Waals surface area contributed by atoms with Crippen molar-refractivity contribution in [1.82, 2.24) is 0 Å². The van der Waals surface area contributed by atoms with E-state index in [-0.39, 0.29) is 11.9 Å². The third-order valence-electron chi connectivity index (χ3n) is 3.50. The van der Waals surface area contributed by atoms with Crippen molar-refractivity contribution >= 4 is 5.78 Å². The normalized spacial score (nSPS) is 16.7. The first-order valence-corrected chi connectivity index (χ1v) is 6.66. The molecule has 2 nitrogen and oxygen atoms in total. The molecule has 0 saturated carbocycles. The van der Waals surface area contributed by atoms with Crippen LogP contribution in [0, 0.1) is 0 Å². The van der Waals surface area contributed by atoms with Crippen LogP contribution in [0.3, 0.4) is 0 Å². The summed E-state index contributed by atoms with van der Waals surface area (Å²) in [4.78, 5) is 12.0. The summed E-state index contributed by atoms with van der Waals surface area (Å²) in [6.07, 6.45) is 2.38. The van der Waals surface area contributed by atoms with Crippen LogP contribution in [-0.4, -0.2) is 11.9 Å². The molecule has 1 heterocycles. The van der Waals surface area contributed by atoms with E-state index in [2.05, 4.69) is 6.07 Å². The van der Waals surface area contributed by atoms with Crippen molar-refractivity contribution in [2.75, 3.05) is 0 Å². The predicted molar refractivity (Wildman–Crippen MR) is 74.6 cm³/mol. The Kier molecular flexibility index (Phi) is 3.32. The highest BCUT2D eigenvalue weighted by molar-refractivity contribution is 5.95. The quantitative estimate of drug-likeness (QED) is 0.776. The molecule has 19 heavy (non-hydrogen) atoms. The Labute approximate surface area is 113 Å². The van der Waals surface area contributed by atoms with Crippen LogP contribution in [-0.2, 0) is 6.42 Å². The van der Waals surface area contributed by atoms with E-state index in [4.69, 9.17) is 4.74 Å². The number of hydrogen-bond donors (Lipinski definition) is 0. The minimum absolute atomic E-state index is 0.144. The van der Waals surface area contributed by atoms with Crippen molar-refractivity contribution in [2.45, 2.75) is 25.4 Å². The lowest BCUT2D eigenvalue weighted by atomic mass is 10.0. The number of ether oxygens (including phenoxy) is 1. The molecule has 0 bridgehead atoms. The molecule has 1 unspecified atom stereocenters. The first-order chi connectivity index (χ1) is 9.33. The maximum absolute atomic E-state index is 12.0. The highest BCUT2D eigenvalue weighted by Gasteiger charge is 2.22. The van der Waals surface area contributed by atoms with E-state index < -0.39 is 0 Å². The van der Waals surface area contributed by atoms with Crippen molar-refractivity contribution in [3.63, 3.8) is 0 Å². The van der Waals surface area contributed by atoms with Gasteiger partial charge in [-0.05, 0) is 18.1 Å². The van der Waals surface area contributed by atoms with Gasteiger partial charge in [0.2, 0.25) is 0 Å². The minimum Gasteiger partial charge on any atom is -0.490 e. The van der Waals surface area contributed by atoms with Crippen LogP contribution in [0.4, 0.5) is 0 Å². The van der Waals surface area contributed by atoms with E-state index in [0.717, 1.165) is 24.2 Å². The van der Waals surface area contributed by atoms with Crippen LogP contribution in [0.25, 0.3) is 0 Å². The molecule has 0 spiro atoms. The molecule has 3 rings (SSSR count). The molecule has 2 aromatic rings. The second-order valence-electron chi connectivity index (χ2n) is 4.88. The fraction of sp³-hybridized carbons (Fsp3) is 0.235. The van der Waals surface area contributed by atoms with Gasteiger partial charge in [-0.3, -0.25) is 4.79 Å². The van der Waals surface area contributed by atoms with Gasteiger partial charge in [-0.2, -0.15) is 0 Å². The van der Waals surface area contributed by atoms with Gasteiger partial charge in [0.25, 0.3) is 0 Å². The van der Waals surface area contributed by atoms with Crippen molar-refractivity contribution in [2.24, 2.45) is 0 Å². The number of fused-ring (bicyclic) bond motifs is 1. The summed E-state index contributed by atoms with van der Waals surface area (Å²) in [6.45, 7) is 0. The molecule has 2 heteroatoms. The van der Waals surface area contributed by atoms with Gasteiger partial charge in [0.15, 0.2) is 5.78 Å². The van der Waals surface area contributed by atoms with Crippen molar-refractivity contribution in [3.8, 4) is 5.75 Å². The van der Waals surface area contributed by atoms with Crippen molar-refractivity contribution < 1.29 is 9.53 Å². The van der Waals surface area contributed by atoms with E-state index in [1.165, 1.54) is 5.56 Å². The number of para-hydroxylation sites is 1. The van der Waals surface area contributed by atoms with Gasteiger partial charge < -0.3 is 4.74 Å². The number of Topliss-reactive ketones (excluding diaryl/α,β-unsaturated/α-hetero) is 1. The third kappa shape index (κ3) is 2.68. The Morgan fingerprint density at radius 1 is 1.05 bits per heavy atom. The Morgan fingerprint density at radius 2 is 1.79 bits per heavy atom. The Balaban J connectivity index is 1.56. The number of ketones is 1. The molecule has 2 aromatic carbocycles. The number of carbonyl (C=O) groups excluding carboxylic acids is 1. The molecule has 0 N–H and O–H groups in total. The SMILES string of the molecule is O=C(CCC1Cc2ccccc2O1)c1ccccc1. The average molecular weight is 252 g/mol. The van der Waals surface area contributed by atoms with Crippen molar-refractivity contribution in [3.05, 3.63) is 65.7 Å². The second-order valence-corrected chi connectivity index (χ2v) is 4.88. The summed E-state index contributed by atoms with van der Waals surface area (Å²) in [6, 6.07) is 17.6. The highest BCUT2D eigenvalue weighted by Crippen LogP contribution is 2.30. The Morgan fingerprint density at radius 3 is 2.58 bits per heavy atom. The fourth-order valence-electron chi connectivity index (χ4n) is 2.48. The molecule has 1 atom stereocenters. The topological polar surface area (TPSA) is 26.3 Å². The molecule has 0 saturated heterocycles. The zero-order chi connectivity index (χ0) is 13.1. The maximum Gasteiger partial charge on any atom is 0.163 e. The number of carbonyl (C=O) groups is 1. The first-order valence-electron chi connectivity index (χ1n) is 6.66. The summed E-state index contributed by atoms with van der Waals surface area (Å²) in [5, 5.41) is 0. The van der Waals surface area contributed by atoms with E-state index in [0.29, 0.717) is 6.42 Å². The standard InChI is InChI=1S/C17H16O2/c18-16(13-6-2-1-3-7-13)11-10-15-12-14-8-4-5-9-17(14)19-15/h1-9,15H,10-12H2. The predicted octanol–water partition coefficient (Wildman–Crippen LogP) is 3.65. The van der Waals surface area contributed by atoms with Gasteiger partial charge in [0.05, 0.1) is 0 Å². The Hall–Kier alpha value is -2.09. The molecule has 0 amide bonds. The van der Waals surface area contributed by atoms with Crippen molar-refractivity contribution in [1.29, 1.82) is 0 Å². The fourth-order valence-corrected chi connectivity index (χ4v) is 2.48. The lowest BCUT2D eigenvalue weighted by molar-refractivity contribution is 0.0960. The molecule has 1 aliphatic heterocycles. The number of hydrogen-bond acceptors (Lipinski definition) is 2. The van der Waals surface area contributed by atoms with Crippen LogP contribution in [0.1, 0.15) is 28.8 Å². The van der Waals surface area contributed by atoms with Gasteiger partial charge in [-0.1, -0.05) is 48.5 Å². The van der Waals surface area contributed by atoms with Crippen LogP contribution >= 0.6 is 0 Å². The molecule has 96 valence electrons. The first kappa shape index (κ1) is 12.0. The van der Waals surface area contributed by atoms with E-state index >= 15 is 0 Å². The monoisotopic (exact) mass is 252 g/mol. The highest BCUT2D eigenvalue weighted by atomic mass is 16.5. The van der Waals surface area contributed by atoms with Crippen LogP contribution in [0.2, 0.25) is 0 Å². The van der Waals surface area contributed by atoms with Gasteiger partial charge in [0.1, 0.15) is 11.9 Å². The van der Waals surface area contributed by atoms with Gasteiger partial charge in [0, 0.05) is 18.4 Å². The summed E-state index contributed by atoms with van der Waals surface area (Å²) < 4.78 is 5.84. The third-order valence-corrected chi connectivity index (χ3v) is 3.50. The van der Waals surface area contributed by atoms with E-state index in [1.54, 1.807) is 0 Å². The zero-order valence-electron chi connectivity index (χ0n) is 10.7. The Bertz CT molecular complexity index is 550. The van der Waals surface area contributed by atoms with Crippen LogP contribution < -0.4 is 4.74 Å². The van der Waals surface area contributed by atoms with E-state index in [1.807, 2.05) is 48.5 Å². The van der Waals surface area contributed by atoms with Gasteiger partial charge in [-0.15, -0.1) is 0 Å². The number of rotatable bonds is 4. The minimum atomic E-state index is 0.144. The number of benzene rings is 2. The summed E-state index contributed by atoms with van der Waals surface area (Å²) in [5.74, 6) is 1.17. The van der Waals surface area contributed by atoms with E-state index in [9.17, 15) is 4.79 Å².